The highest BCUT2D eigenvalue weighted by atomic mass is 32.2. The summed E-state index contributed by atoms with van der Waals surface area (Å²) < 4.78 is 14.9. The molecule has 0 radical (unpaired) electrons. The number of carbonyl (C=O) groups excluding carboxylic acids is 6. The molecule has 0 aromatic rings. The first kappa shape index (κ1) is 26.4. The van der Waals surface area contributed by atoms with Crippen molar-refractivity contribution in [2.45, 2.75) is 45.6 Å². The fourth-order valence-corrected chi connectivity index (χ4v) is 3.11. The molecule has 1 saturated heterocycles. The molecule has 2 amide bonds. The van der Waals surface area contributed by atoms with Crippen LogP contribution in [-0.2, 0) is 43.0 Å². The number of ether oxygens (including phenoxy) is 3. The Morgan fingerprint density at radius 3 is 2.45 bits per heavy atom. The van der Waals surface area contributed by atoms with E-state index in [9.17, 15) is 28.8 Å². The number of cyclic esters (lactones) is 1. The maximum absolute atomic E-state index is 12.7. The van der Waals surface area contributed by atoms with E-state index in [2.05, 4.69) is 15.4 Å². The largest absolute Gasteiger partial charge is 0.469 e. The number of rotatable bonds is 4. The molecule has 0 bridgehead atoms. The van der Waals surface area contributed by atoms with Gasteiger partial charge in [-0.05, 0) is 0 Å². The molecule has 0 aromatic carbocycles. The summed E-state index contributed by atoms with van der Waals surface area (Å²) in [7, 11) is 1.18. The van der Waals surface area contributed by atoms with E-state index >= 15 is 0 Å². The van der Waals surface area contributed by atoms with Gasteiger partial charge in [-0.25, -0.2) is 0 Å². The molecule has 0 aliphatic carbocycles. The monoisotopic (exact) mass is 460 g/mol. The standard InChI is InChI=1S/C19H28N2O9S/c1-19(2)11-29-15(25)10-16(26)31-9-8-20-12(22)6-7-21-18(27)17(19)30-14(24)5-4-13(23)28-3/h17H,4-11H2,1-3H3,(H,20,22)(H,21,27)/t17-/m0/s1. The Morgan fingerprint density at radius 1 is 1.10 bits per heavy atom. The maximum atomic E-state index is 12.7. The molecule has 11 nitrogen and oxygen atoms in total. The van der Waals surface area contributed by atoms with E-state index in [4.69, 9.17) is 9.47 Å². The number of nitrogens with one attached hydrogen (secondary N) is 2. The first-order valence-corrected chi connectivity index (χ1v) is 10.7. The van der Waals surface area contributed by atoms with Crippen LogP contribution in [0.5, 0.6) is 0 Å². The lowest BCUT2D eigenvalue weighted by atomic mass is 9.86. The number of esters is 3. The summed E-state index contributed by atoms with van der Waals surface area (Å²) in [5.74, 6) is -2.91. The van der Waals surface area contributed by atoms with Crippen LogP contribution in [0.3, 0.4) is 0 Å². The normalized spacial score (nSPS) is 21.3. The van der Waals surface area contributed by atoms with Gasteiger partial charge in [0.05, 0.1) is 20.0 Å². The smallest absolute Gasteiger partial charge is 0.314 e. The van der Waals surface area contributed by atoms with Gasteiger partial charge in [0.2, 0.25) is 5.91 Å². The van der Waals surface area contributed by atoms with Gasteiger partial charge in [-0.15, -0.1) is 0 Å². The van der Waals surface area contributed by atoms with Crippen LogP contribution in [0.15, 0.2) is 0 Å². The molecule has 1 aliphatic heterocycles. The second-order valence-electron chi connectivity index (χ2n) is 7.38. The molecule has 0 spiro atoms. The van der Waals surface area contributed by atoms with E-state index in [-0.39, 0.29) is 44.9 Å². The van der Waals surface area contributed by atoms with Crippen LogP contribution in [0.1, 0.15) is 39.5 Å². The lowest BCUT2D eigenvalue weighted by Gasteiger charge is -2.32. The van der Waals surface area contributed by atoms with Gasteiger partial charge in [-0.3, -0.25) is 28.8 Å². The molecule has 0 unspecified atom stereocenters. The van der Waals surface area contributed by atoms with Crippen LogP contribution in [0.2, 0.25) is 0 Å². The van der Waals surface area contributed by atoms with Gasteiger partial charge in [0.1, 0.15) is 13.0 Å². The van der Waals surface area contributed by atoms with Crippen molar-refractivity contribution in [2.75, 3.05) is 32.6 Å². The zero-order valence-corrected chi connectivity index (χ0v) is 18.6. The first-order valence-electron chi connectivity index (χ1n) is 9.67. The summed E-state index contributed by atoms with van der Waals surface area (Å²) in [6, 6.07) is 0. The fraction of sp³-hybridized carbons (Fsp3) is 0.684. The number of methoxy groups -OCH3 is 1. The molecule has 2 N–H and O–H groups in total. The zero-order chi connectivity index (χ0) is 23.4. The Kier molecular flexibility index (Phi) is 11.0. The maximum Gasteiger partial charge on any atom is 0.314 e. The van der Waals surface area contributed by atoms with E-state index in [0.29, 0.717) is 5.75 Å². The van der Waals surface area contributed by atoms with Crippen LogP contribution in [0.4, 0.5) is 0 Å². The minimum absolute atomic E-state index is 0.0111. The predicted molar refractivity (Wildman–Crippen MR) is 109 cm³/mol. The Bertz CT molecular complexity index is 708. The topological polar surface area (TPSA) is 154 Å². The third kappa shape index (κ3) is 10.3. The number of amides is 2. The highest BCUT2D eigenvalue weighted by Crippen LogP contribution is 2.25. The molecule has 1 rings (SSSR count). The van der Waals surface area contributed by atoms with Crippen molar-refractivity contribution >= 4 is 46.6 Å². The van der Waals surface area contributed by atoms with Crippen molar-refractivity contribution in [3.63, 3.8) is 0 Å². The van der Waals surface area contributed by atoms with E-state index in [1.807, 2.05) is 0 Å². The van der Waals surface area contributed by atoms with Crippen molar-refractivity contribution in [1.29, 1.82) is 0 Å². The molecular weight excluding hydrogens is 432 g/mol. The Balaban J connectivity index is 2.92. The highest BCUT2D eigenvalue weighted by Gasteiger charge is 2.40. The molecule has 12 heteroatoms. The van der Waals surface area contributed by atoms with Crippen molar-refractivity contribution in [2.24, 2.45) is 5.41 Å². The molecule has 1 aliphatic rings. The minimum atomic E-state index is -1.37. The molecular formula is C19H28N2O9S. The summed E-state index contributed by atoms with van der Waals surface area (Å²) in [5, 5.41) is 4.72. The van der Waals surface area contributed by atoms with Crippen LogP contribution in [-0.4, -0.2) is 73.5 Å². The second kappa shape index (κ2) is 12.9. The molecule has 0 aromatic heterocycles. The SMILES string of the molecule is COC(=O)CCC(=O)O[C@H]1C(=O)NCCC(=O)NCCSC(=O)CC(=O)OCC1(C)C. The van der Waals surface area contributed by atoms with E-state index < -0.39 is 46.9 Å². The van der Waals surface area contributed by atoms with Gasteiger partial charge in [-0.1, -0.05) is 25.6 Å². The van der Waals surface area contributed by atoms with Crippen molar-refractivity contribution in [3.8, 4) is 0 Å². The molecule has 1 atom stereocenters. The third-order valence-corrected chi connectivity index (χ3v) is 5.07. The van der Waals surface area contributed by atoms with E-state index in [0.717, 1.165) is 11.8 Å². The lowest BCUT2D eigenvalue weighted by molar-refractivity contribution is -0.169. The Labute approximate surface area is 184 Å². The van der Waals surface area contributed by atoms with Crippen LogP contribution < -0.4 is 10.6 Å². The average molecular weight is 461 g/mol. The number of hydrogen-bond donors (Lipinski definition) is 2. The van der Waals surface area contributed by atoms with Gasteiger partial charge >= 0.3 is 17.9 Å². The van der Waals surface area contributed by atoms with Crippen LogP contribution in [0, 0.1) is 5.41 Å². The molecule has 31 heavy (non-hydrogen) atoms. The average Bonchev–Trinajstić information content (AvgIpc) is 2.71. The molecule has 1 heterocycles. The summed E-state index contributed by atoms with van der Waals surface area (Å²) >= 11 is 0.906. The van der Waals surface area contributed by atoms with Crippen molar-refractivity contribution in [1.82, 2.24) is 10.6 Å². The fourth-order valence-electron chi connectivity index (χ4n) is 2.46. The van der Waals surface area contributed by atoms with Gasteiger partial charge < -0.3 is 24.8 Å². The summed E-state index contributed by atoms with van der Waals surface area (Å²) in [6.45, 7) is 3.01. The van der Waals surface area contributed by atoms with Crippen molar-refractivity contribution in [3.05, 3.63) is 0 Å². The van der Waals surface area contributed by atoms with Gasteiger partial charge in [-0.2, -0.15) is 0 Å². The van der Waals surface area contributed by atoms with Crippen LogP contribution in [0.25, 0.3) is 0 Å². The molecule has 0 saturated carbocycles. The Morgan fingerprint density at radius 2 is 1.77 bits per heavy atom. The van der Waals surface area contributed by atoms with E-state index in [1.54, 1.807) is 13.8 Å². The second-order valence-corrected chi connectivity index (χ2v) is 8.54. The van der Waals surface area contributed by atoms with Gasteiger partial charge in [0.25, 0.3) is 5.91 Å². The van der Waals surface area contributed by atoms with Crippen LogP contribution >= 0.6 is 11.8 Å². The number of carbonyl (C=O) groups is 6. The van der Waals surface area contributed by atoms with Gasteiger partial charge in [0.15, 0.2) is 11.2 Å². The summed E-state index contributed by atoms with van der Waals surface area (Å²) in [6.07, 6.45) is -2.38. The zero-order valence-electron chi connectivity index (χ0n) is 17.8. The Hall–Kier alpha value is -2.63. The molecule has 1 fully saturated rings. The predicted octanol–water partition coefficient (Wildman–Crippen LogP) is -0.293. The number of hydrogen-bond acceptors (Lipinski definition) is 10. The summed E-state index contributed by atoms with van der Waals surface area (Å²) in [4.78, 5) is 71.7. The quantitative estimate of drug-likeness (QED) is 0.325. The van der Waals surface area contributed by atoms with Gasteiger partial charge in [0, 0.05) is 30.7 Å². The number of thioether (sulfide) groups is 1. The third-order valence-electron chi connectivity index (χ3n) is 4.19. The summed E-state index contributed by atoms with van der Waals surface area (Å²) in [5.41, 5.74) is -1.16. The lowest BCUT2D eigenvalue weighted by Crippen LogP contribution is -2.49. The molecule has 174 valence electrons. The van der Waals surface area contributed by atoms with Crippen molar-refractivity contribution < 1.29 is 43.0 Å². The minimum Gasteiger partial charge on any atom is -0.469 e. The van der Waals surface area contributed by atoms with E-state index in [1.165, 1.54) is 7.11 Å². The highest BCUT2D eigenvalue weighted by molar-refractivity contribution is 8.13. The first-order chi connectivity index (χ1) is 14.5.